The molecule has 0 aliphatic carbocycles. The first kappa shape index (κ1) is 18.4. The van der Waals surface area contributed by atoms with Crippen molar-refractivity contribution >= 4 is 5.78 Å². The molecule has 0 saturated carbocycles. The number of aromatic nitrogens is 6. The lowest BCUT2D eigenvalue weighted by atomic mass is 10.1. The molecule has 0 N–H and O–H groups in total. The van der Waals surface area contributed by atoms with Gasteiger partial charge in [-0.15, -0.1) is 5.10 Å². The van der Waals surface area contributed by atoms with Crippen LogP contribution in [-0.4, -0.2) is 35.8 Å². The summed E-state index contributed by atoms with van der Waals surface area (Å²) in [5, 5.41) is 15.4. The van der Waals surface area contributed by atoms with Crippen LogP contribution in [0.2, 0.25) is 0 Å². The number of hydrogen-bond acceptors (Lipinski definition) is 6. The van der Waals surface area contributed by atoms with Gasteiger partial charge in [-0.25, -0.2) is 9.36 Å². The van der Waals surface area contributed by atoms with Crippen molar-refractivity contribution in [3.8, 4) is 16.9 Å². The molecule has 29 heavy (non-hydrogen) atoms. The molecule has 0 fully saturated rings. The number of benzene rings is 2. The van der Waals surface area contributed by atoms with Gasteiger partial charge in [-0.05, 0) is 41.1 Å². The number of tetrazole rings is 1. The van der Waals surface area contributed by atoms with Crippen molar-refractivity contribution in [2.24, 2.45) is 0 Å². The van der Waals surface area contributed by atoms with E-state index in [-0.39, 0.29) is 24.3 Å². The summed E-state index contributed by atoms with van der Waals surface area (Å²) in [5.41, 5.74) is 4.04. The summed E-state index contributed by atoms with van der Waals surface area (Å²) in [7, 11) is 0. The molecule has 2 aromatic heterocycles. The van der Waals surface area contributed by atoms with Crippen molar-refractivity contribution in [3.63, 3.8) is 0 Å². The van der Waals surface area contributed by atoms with Crippen molar-refractivity contribution < 1.29 is 4.79 Å². The van der Waals surface area contributed by atoms with Gasteiger partial charge in [0.15, 0.2) is 5.78 Å². The average Bonchev–Trinajstić information content (AvgIpc) is 3.26. The Labute approximate surface area is 166 Å². The number of rotatable bonds is 6. The molecule has 0 spiro atoms. The van der Waals surface area contributed by atoms with Gasteiger partial charge < -0.3 is 0 Å². The van der Waals surface area contributed by atoms with Gasteiger partial charge in [-0.1, -0.05) is 42.0 Å². The number of aryl methyl sites for hydroxylation is 1. The molecule has 4 aromatic rings. The molecule has 0 radical (unpaired) electrons. The van der Waals surface area contributed by atoms with E-state index in [9.17, 15) is 9.59 Å². The second-order valence-electron chi connectivity index (χ2n) is 6.72. The van der Waals surface area contributed by atoms with E-state index in [2.05, 4.69) is 20.6 Å². The maximum Gasteiger partial charge on any atom is 0.267 e. The average molecular weight is 386 g/mol. The SMILES string of the molecule is Cc1ccc(-c2ccc(=O)n(CC(=O)Cc3ccc(-n4cnnn4)cc3)n2)cc1. The highest BCUT2D eigenvalue weighted by molar-refractivity contribution is 5.80. The number of carbonyl (C=O) groups excluding carboxylic acids is 1. The van der Waals surface area contributed by atoms with Crippen LogP contribution in [0.5, 0.6) is 0 Å². The van der Waals surface area contributed by atoms with Gasteiger partial charge in [-0.3, -0.25) is 9.59 Å². The lowest BCUT2D eigenvalue weighted by Gasteiger charge is -2.08. The predicted octanol–water partition coefficient (Wildman–Crippen LogP) is 2.01. The molecule has 0 aliphatic heterocycles. The third-order valence-electron chi connectivity index (χ3n) is 4.49. The summed E-state index contributed by atoms with van der Waals surface area (Å²) in [6.07, 6.45) is 1.71. The molecule has 2 heterocycles. The number of carbonyl (C=O) groups is 1. The molecule has 0 saturated heterocycles. The Morgan fingerprint density at radius 2 is 1.72 bits per heavy atom. The van der Waals surface area contributed by atoms with Crippen molar-refractivity contribution in [1.82, 2.24) is 30.0 Å². The molecule has 0 amide bonds. The molecule has 2 aromatic carbocycles. The van der Waals surface area contributed by atoms with Crippen LogP contribution in [0.1, 0.15) is 11.1 Å². The lowest BCUT2D eigenvalue weighted by Crippen LogP contribution is -2.27. The second kappa shape index (κ2) is 7.97. The standard InChI is InChI=1S/C21H18N6O2/c1-15-2-6-17(7-3-15)20-10-11-21(29)26(23-20)13-19(28)12-16-4-8-18(9-5-16)27-14-22-24-25-27/h2-11,14H,12-13H2,1H3. The van der Waals surface area contributed by atoms with Crippen LogP contribution in [0.4, 0.5) is 0 Å². The van der Waals surface area contributed by atoms with Gasteiger partial charge in [0.2, 0.25) is 0 Å². The maximum absolute atomic E-state index is 12.5. The quantitative estimate of drug-likeness (QED) is 0.503. The van der Waals surface area contributed by atoms with Crippen LogP contribution in [-0.2, 0) is 17.8 Å². The highest BCUT2D eigenvalue weighted by Crippen LogP contribution is 2.16. The zero-order valence-corrected chi connectivity index (χ0v) is 15.8. The van der Waals surface area contributed by atoms with Crippen LogP contribution in [0.3, 0.4) is 0 Å². The summed E-state index contributed by atoms with van der Waals surface area (Å²) in [5.74, 6) is -0.101. The molecule has 144 valence electrons. The fourth-order valence-electron chi connectivity index (χ4n) is 2.94. The largest absolute Gasteiger partial charge is 0.297 e. The molecular formula is C21H18N6O2. The Balaban J connectivity index is 1.47. The Morgan fingerprint density at radius 1 is 0.966 bits per heavy atom. The number of Topliss-reactive ketones (excluding diaryl/α,β-unsaturated/α-hetero) is 1. The molecule has 8 nitrogen and oxygen atoms in total. The first-order valence-electron chi connectivity index (χ1n) is 9.08. The lowest BCUT2D eigenvalue weighted by molar-refractivity contribution is -0.119. The summed E-state index contributed by atoms with van der Waals surface area (Å²) in [6.45, 7) is 1.93. The van der Waals surface area contributed by atoms with E-state index in [4.69, 9.17) is 0 Å². The van der Waals surface area contributed by atoms with Crippen LogP contribution in [0, 0.1) is 6.92 Å². The van der Waals surface area contributed by atoms with E-state index in [0.29, 0.717) is 5.69 Å². The van der Waals surface area contributed by atoms with Gasteiger partial charge >= 0.3 is 0 Å². The van der Waals surface area contributed by atoms with E-state index in [1.54, 1.807) is 6.07 Å². The minimum atomic E-state index is -0.303. The number of ketones is 1. The van der Waals surface area contributed by atoms with Crippen LogP contribution < -0.4 is 5.56 Å². The zero-order chi connectivity index (χ0) is 20.2. The molecular weight excluding hydrogens is 368 g/mol. The third-order valence-corrected chi connectivity index (χ3v) is 4.49. The predicted molar refractivity (Wildman–Crippen MR) is 107 cm³/mol. The fraction of sp³-hybridized carbons (Fsp3) is 0.143. The Bertz CT molecular complexity index is 1180. The van der Waals surface area contributed by atoms with Gasteiger partial charge in [0.25, 0.3) is 5.56 Å². The van der Waals surface area contributed by atoms with E-state index < -0.39 is 0 Å². The van der Waals surface area contributed by atoms with Gasteiger partial charge in [0.1, 0.15) is 12.9 Å². The molecule has 8 heteroatoms. The van der Waals surface area contributed by atoms with E-state index in [0.717, 1.165) is 22.4 Å². The van der Waals surface area contributed by atoms with Crippen molar-refractivity contribution in [2.75, 3.05) is 0 Å². The highest BCUT2D eigenvalue weighted by Gasteiger charge is 2.10. The second-order valence-corrected chi connectivity index (χ2v) is 6.72. The van der Waals surface area contributed by atoms with Crippen molar-refractivity contribution in [3.05, 3.63) is 88.5 Å². The minimum Gasteiger partial charge on any atom is -0.297 e. The third kappa shape index (κ3) is 4.32. The summed E-state index contributed by atoms with van der Waals surface area (Å²) >= 11 is 0. The Morgan fingerprint density at radius 3 is 2.41 bits per heavy atom. The smallest absolute Gasteiger partial charge is 0.267 e. The highest BCUT2D eigenvalue weighted by atomic mass is 16.1. The van der Waals surface area contributed by atoms with E-state index in [1.165, 1.54) is 21.8 Å². The van der Waals surface area contributed by atoms with E-state index >= 15 is 0 Å². The minimum absolute atomic E-state index is 0.0761. The van der Waals surface area contributed by atoms with Crippen LogP contribution >= 0.6 is 0 Å². The zero-order valence-electron chi connectivity index (χ0n) is 15.8. The van der Waals surface area contributed by atoms with E-state index in [1.807, 2.05) is 55.5 Å². The normalized spacial score (nSPS) is 10.8. The molecule has 0 aliphatic rings. The van der Waals surface area contributed by atoms with Crippen molar-refractivity contribution in [1.29, 1.82) is 0 Å². The Hall–Kier alpha value is -3.94. The number of hydrogen-bond donors (Lipinski definition) is 0. The molecule has 0 atom stereocenters. The molecule has 0 unspecified atom stereocenters. The summed E-state index contributed by atoms with van der Waals surface area (Å²) in [6, 6.07) is 18.3. The summed E-state index contributed by atoms with van der Waals surface area (Å²) < 4.78 is 2.75. The fourth-order valence-corrected chi connectivity index (χ4v) is 2.94. The monoisotopic (exact) mass is 386 g/mol. The van der Waals surface area contributed by atoms with Gasteiger partial charge in [0, 0.05) is 18.1 Å². The van der Waals surface area contributed by atoms with Crippen LogP contribution in [0.25, 0.3) is 16.9 Å². The van der Waals surface area contributed by atoms with Gasteiger partial charge in [-0.2, -0.15) is 5.10 Å². The maximum atomic E-state index is 12.5. The molecule has 4 rings (SSSR count). The van der Waals surface area contributed by atoms with Crippen molar-refractivity contribution in [2.45, 2.75) is 19.9 Å². The first-order valence-corrected chi connectivity index (χ1v) is 9.08. The Kier molecular flexibility index (Phi) is 5.07. The molecule has 0 bridgehead atoms. The van der Waals surface area contributed by atoms with Gasteiger partial charge in [0.05, 0.1) is 11.4 Å². The number of nitrogens with zero attached hydrogens (tertiary/aromatic N) is 6. The van der Waals surface area contributed by atoms with Crippen LogP contribution in [0.15, 0.2) is 71.8 Å². The topological polar surface area (TPSA) is 95.6 Å². The summed E-state index contributed by atoms with van der Waals surface area (Å²) in [4.78, 5) is 24.7. The first-order chi connectivity index (χ1) is 14.1.